The van der Waals surface area contributed by atoms with Crippen LogP contribution >= 0.6 is 7.60 Å². The van der Waals surface area contributed by atoms with E-state index in [9.17, 15) is 4.57 Å². The minimum Gasteiger partial charge on any atom is -0.543 e. The van der Waals surface area contributed by atoms with Gasteiger partial charge in [0.2, 0.25) is 8.32 Å². The standard InChI is InChI=1S/C16H29O5PSi/c1-16(2,3)23(7,8)21-14-11-9-10-13(12-14)15(18-4)22(17,19-5)20-6/h9-12,15H,1-8H3. The van der Waals surface area contributed by atoms with E-state index in [-0.39, 0.29) is 5.04 Å². The highest BCUT2D eigenvalue weighted by Gasteiger charge is 2.40. The summed E-state index contributed by atoms with van der Waals surface area (Å²) in [5.41, 5.74) is 0.704. The second kappa shape index (κ2) is 7.49. The highest BCUT2D eigenvalue weighted by molar-refractivity contribution is 7.54. The van der Waals surface area contributed by atoms with Crippen LogP contribution in [0.25, 0.3) is 0 Å². The van der Waals surface area contributed by atoms with Crippen LogP contribution < -0.4 is 4.43 Å². The number of rotatable bonds is 7. The predicted octanol–water partition coefficient (Wildman–Crippen LogP) is 5.20. The van der Waals surface area contributed by atoms with Gasteiger partial charge in [0.1, 0.15) is 5.75 Å². The maximum absolute atomic E-state index is 12.6. The van der Waals surface area contributed by atoms with E-state index in [1.54, 1.807) is 0 Å². The smallest absolute Gasteiger partial charge is 0.363 e. The molecule has 0 spiro atoms. The lowest BCUT2D eigenvalue weighted by Gasteiger charge is -2.36. The zero-order chi connectivity index (χ0) is 17.9. The summed E-state index contributed by atoms with van der Waals surface area (Å²) in [5.74, 6) is -0.0460. The van der Waals surface area contributed by atoms with Gasteiger partial charge >= 0.3 is 7.60 Å². The third-order valence-corrected chi connectivity index (χ3v) is 10.8. The van der Waals surface area contributed by atoms with Crippen molar-refractivity contribution in [3.63, 3.8) is 0 Å². The van der Waals surface area contributed by atoms with Crippen molar-refractivity contribution in [3.05, 3.63) is 29.8 Å². The number of hydrogen-bond acceptors (Lipinski definition) is 5. The molecule has 23 heavy (non-hydrogen) atoms. The second-order valence-corrected chi connectivity index (χ2v) is 13.9. The zero-order valence-corrected chi connectivity index (χ0v) is 17.3. The fraction of sp³-hybridized carbons (Fsp3) is 0.625. The van der Waals surface area contributed by atoms with Gasteiger partial charge < -0.3 is 18.2 Å². The van der Waals surface area contributed by atoms with Gasteiger partial charge in [-0.15, -0.1) is 0 Å². The van der Waals surface area contributed by atoms with E-state index in [4.69, 9.17) is 18.2 Å². The predicted molar refractivity (Wildman–Crippen MR) is 95.6 cm³/mol. The van der Waals surface area contributed by atoms with Gasteiger partial charge in [-0.25, -0.2) is 0 Å². The summed E-state index contributed by atoms with van der Waals surface area (Å²) in [6, 6.07) is 7.44. The SMILES string of the molecule is COC(c1cccc(O[Si](C)(C)C(C)(C)C)c1)P(=O)(OC)OC. The molecule has 0 amide bonds. The van der Waals surface area contributed by atoms with Crippen molar-refractivity contribution in [1.82, 2.24) is 0 Å². The van der Waals surface area contributed by atoms with Crippen LogP contribution in [-0.4, -0.2) is 29.6 Å². The number of benzene rings is 1. The van der Waals surface area contributed by atoms with Crippen molar-refractivity contribution >= 4 is 15.9 Å². The quantitative estimate of drug-likeness (QED) is 0.494. The number of methoxy groups -OCH3 is 1. The maximum Gasteiger partial charge on any atom is 0.363 e. The lowest BCUT2D eigenvalue weighted by atomic mass is 10.2. The largest absolute Gasteiger partial charge is 0.543 e. The Balaban J connectivity index is 3.16. The fourth-order valence-corrected chi connectivity index (χ4v) is 4.23. The molecular weight excluding hydrogens is 331 g/mol. The van der Waals surface area contributed by atoms with Crippen LogP contribution in [0, 0.1) is 0 Å². The van der Waals surface area contributed by atoms with Crippen molar-refractivity contribution in [1.29, 1.82) is 0 Å². The first-order valence-corrected chi connectivity index (χ1v) is 12.1. The molecule has 0 aromatic heterocycles. The van der Waals surface area contributed by atoms with Crippen LogP contribution in [0.2, 0.25) is 18.1 Å². The average molecular weight is 360 g/mol. The third kappa shape index (κ3) is 4.67. The molecule has 1 atom stereocenters. The molecule has 0 bridgehead atoms. The van der Waals surface area contributed by atoms with Gasteiger partial charge in [-0.1, -0.05) is 32.9 Å². The molecule has 0 heterocycles. The molecule has 0 radical (unpaired) electrons. The molecule has 1 unspecified atom stereocenters. The number of hydrogen-bond donors (Lipinski definition) is 0. The lowest BCUT2D eigenvalue weighted by molar-refractivity contribution is 0.123. The van der Waals surface area contributed by atoms with Crippen molar-refractivity contribution in [3.8, 4) is 5.75 Å². The monoisotopic (exact) mass is 360 g/mol. The minimum absolute atomic E-state index is 0.0953. The van der Waals surface area contributed by atoms with E-state index in [1.807, 2.05) is 24.3 Å². The molecule has 0 aliphatic rings. The Kier molecular flexibility index (Phi) is 6.64. The first kappa shape index (κ1) is 20.4. The van der Waals surface area contributed by atoms with Crippen molar-refractivity contribution in [2.45, 2.75) is 44.7 Å². The molecule has 0 aliphatic carbocycles. The Labute approximate surface area is 141 Å². The first-order chi connectivity index (χ1) is 10.5. The van der Waals surface area contributed by atoms with E-state index in [2.05, 4.69) is 33.9 Å². The van der Waals surface area contributed by atoms with Gasteiger partial charge in [-0.05, 0) is 35.8 Å². The molecule has 132 valence electrons. The van der Waals surface area contributed by atoms with Crippen molar-refractivity contribution < 1.29 is 22.8 Å². The summed E-state index contributed by atoms with van der Waals surface area (Å²) < 4.78 is 34.4. The molecular formula is C16H29O5PSi. The molecule has 0 N–H and O–H groups in total. The molecule has 1 aromatic carbocycles. The molecule has 0 aliphatic heterocycles. The van der Waals surface area contributed by atoms with Crippen molar-refractivity contribution in [2.75, 3.05) is 21.3 Å². The van der Waals surface area contributed by atoms with E-state index in [0.29, 0.717) is 5.56 Å². The molecule has 0 saturated carbocycles. The highest BCUT2D eigenvalue weighted by atomic mass is 31.2. The van der Waals surface area contributed by atoms with E-state index < -0.39 is 21.8 Å². The molecule has 0 fully saturated rings. The Bertz CT molecular complexity index is 560. The fourth-order valence-electron chi connectivity index (χ4n) is 1.89. The van der Waals surface area contributed by atoms with Crippen LogP contribution in [0.5, 0.6) is 5.75 Å². The lowest BCUT2D eigenvalue weighted by Crippen LogP contribution is -2.43. The molecule has 5 nitrogen and oxygen atoms in total. The Morgan fingerprint density at radius 3 is 2.09 bits per heavy atom. The summed E-state index contributed by atoms with van der Waals surface area (Å²) >= 11 is 0. The second-order valence-electron chi connectivity index (χ2n) is 6.93. The van der Waals surface area contributed by atoms with Crippen LogP contribution in [-0.2, 0) is 18.3 Å². The van der Waals surface area contributed by atoms with Crippen LogP contribution in [0.15, 0.2) is 24.3 Å². The van der Waals surface area contributed by atoms with Crippen LogP contribution in [0.4, 0.5) is 0 Å². The third-order valence-electron chi connectivity index (χ3n) is 4.34. The van der Waals surface area contributed by atoms with Gasteiger partial charge in [0, 0.05) is 21.3 Å². The Morgan fingerprint density at radius 2 is 1.65 bits per heavy atom. The van der Waals surface area contributed by atoms with Crippen LogP contribution in [0.3, 0.4) is 0 Å². The number of ether oxygens (including phenoxy) is 1. The maximum atomic E-state index is 12.6. The van der Waals surface area contributed by atoms with Gasteiger partial charge in [0.05, 0.1) is 0 Å². The summed E-state index contributed by atoms with van der Waals surface area (Å²) in [5, 5.41) is 0.0953. The molecule has 0 saturated heterocycles. The summed E-state index contributed by atoms with van der Waals surface area (Å²) in [6.07, 6.45) is 0. The van der Waals surface area contributed by atoms with Gasteiger partial charge in [0.25, 0.3) is 0 Å². The van der Waals surface area contributed by atoms with E-state index in [0.717, 1.165) is 5.75 Å². The van der Waals surface area contributed by atoms with Crippen LogP contribution in [0.1, 0.15) is 32.2 Å². The molecule has 7 heteroatoms. The summed E-state index contributed by atoms with van der Waals surface area (Å²) in [6.45, 7) is 10.9. The van der Waals surface area contributed by atoms with Gasteiger partial charge in [-0.2, -0.15) is 0 Å². The first-order valence-electron chi connectivity index (χ1n) is 7.53. The Morgan fingerprint density at radius 1 is 1.09 bits per heavy atom. The van der Waals surface area contributed by atoms with E-state index in [1.165, 1.54) is 21.3 Å². The topological polar surface area (TPSA) is 54.0 Å². The van der Waals surface area contributed by atoms with Gasteiger partial charge in [-0.3, -0.25) is 4.57 Å². The van der Waals surface area contributed by atoms with Gasteiger partial charge in [0.15, 0.2) is 5.85 Å². The molecule has 1 aromatic rings. The highest BCUT2D eigenvalue weighted by Crippen LogP contribution is 2.60. The summed E-state index contributed by atoms with van der Waals surface area (Å²) in [7, 11) is -1.14. The molecule has 1 rings (SSSR count). The van der Waals surface area contributed by atoms with E-state index >= 15 is 0 Å². The summed E-state index contributed by atoms with van der Waals surface area (Å²) in [4.78, 5) is 0. The minimum atomic E-state index is -3.38. The van der Waals surface area contributed by atoms with Crippen molar-refractivity contribution in [2.24, 2.45) is 0 Å². The normalized spacial score (nSPS) is 14.6. The zero-order valence-electron chi connectivity index (χ0n) is 15.4. The average Bonchev–Trinajstić information content (AvgIpc) is 2.46. The Hall–Kier alpha value is -0.653.